The molecule has 2 aromatic carbocycles. The first-order chi connectivity index (χ1) is 11.0. The molecule has 1 heterocycles. The van der Waals surface area contributed by atoms with Crippen molar-refractivity contribution < 1.29 is 9.53 Å². The molecule has 3 heteroatoms. The number of carbonyl (C=O) groups is 1. The predicted molar refractivity (Wildman–Crippen MR) is 90.7 cm³/mol. The van der Waals surface area contributed by atoms with Crippen LogP contribution in [0, 0.1) is 12.3 Å². The zero-order valence-corrected chi connectivity index (χ0v) is 13.3. The molecule has 1 fully saturated rings. The van der Waals surface area contributed by atoms with Crippen LogP contribution in [0.4, 0.5) is 0 Å². The molecule has 1 amide bonds. The molecule has 3 nitrogen and oxygen atoms in total. The van der Waals surface area contributed by atoms with Crippen LogP contribution in [0.1, 0.15) is 24.2 Å². The van der Waals surface area contributed by atoms with E-state index in [1.54, 1.807) is 4.90 Å². The molecule has 116 valence electrons. The van der Waals surface area contributed by atoms with Gasteiger partial charge in [-0.1, -0.05) is 54.5 Å². The number of rotatable bonds is 2. The number of hydrogen-bond donors (Lipinski definition) is 0. The SMILES string of the molecule is C#C[C@@H]1COC(C)(C)N1C(=O)c1ccccc1-c1ccccc1. The van der Waals surface area contributed by atoms with Crippen LogP contribution in [0.3, 0.4) is 0 Å². The van der Waals surface area contributed by atoms with Crippen molar-refractivity contribution in [2.75, 3.05) is 6.61 Å². The summed E-state index contributed by atoms with van der Waals surface area (Å²) in [4.78, 5) is 14.8. The van der Waals surface area contributed by atoms with E-state index in [0.717, 1.165) is 11.1 Å². The van der Waals surface area contributed by atoms with Gasteiger partial charge in [-0.25, -0.2) is 0 Å². The Morgan fingerprint density at radius 3 is 2.52 bits per heavy atom. The van der Waals surface area contributed by atoms with E-state index >= 15 is 0 Å². The summed E-state index contributed by atoms with van der Waals surface area (Å²) in [5, 5.41) is 0. The molecule has 1 saturated heterocycles. The third kappa shape index (κ3) is 2.74. The Bertz CT molecular complexity index is 759. The second kappa shape index (κ2) is 5.91. The molecule has 0 aromatic heterocycles. The summed E-state index contributed by atoms with van der Waals surface area (Å²) in [5.41, 5.74) is 1.83. The van der Waals surface area contributed by atoms with Crippen molar-refractivity contribution in [2.45, 2.75) is 25.6 Å². The van der Waals surface area contributed by atoms with E-state index in [4.69, 9.17) is 11.2 Å². The van der Waals surface area contributed by atoms with Crippen molar-refractivity contribution in [1.82, 2.24) is 4.90 Å². The summed E-state index contributed by atoms with van der Waals surface area (Å²) in [6.07, 6.45) is 5.59. The number of carbonyl (C=O) groups excluding carboxylic acids is 1. The van der Waals surface area contributed by atoms with Gasteiger partial charge in [-0.2, -0.15) is 0 Å². The standard InChI is InChI=1S/C20H19NO2/c1-4-16-14-23-20(2,3)21(16)19(22)18-13-9-8-12-17(18)15-10-6-5-7-11-15/h1,5-13,16H,14H2,2-3H3/t16-/m1/s1. The van der Waals surface area contributed by atoms with Crippen molar-refractivity contribution in [3.05, 3.63) is 60.2 Å². The van der Waals surface area contributed by atoms with Gasteiger partial charge in [0.05, 0.1) is 6.61 Å². The molecular formula is C20H19NO2. The first-order valence-corrected chi connectivity index (χ1v) is 7.63. The van der Waals surface area contributed by atoms with Gasteiger partial charge in [-0.05, 0) is 31.0 Å². The quantitative estimate of drug-likeness (QED) is 0.794. The van der Waals surface area contributed by atoms with E-state index in [-0.39, 0.29) is 11.9 Å². The zero-order chi connectivity index (χ0) is 16.4. The molecule has 0 spiro atoms. The highest BCUT2D eigenvalue weighted by Crippen LogP contribution is 2.32. The first-order valence-electron chi connectivity index (χ1n) is 7.63. The lowest BCUT2D eigenvalue weighted by atomic mass is 9.98. The average Bonchev–Trinajstić information content (AvgIpc) is 2.89. The Morgan fingerprint density at radius 1 is 1.17 bits per heavy atom. The molecule has 2 aromatic rings. The van der Waals surface area contributed by atoms with Gasteiger partial charge in [0, 0.05) is 5.56 Å². The van der Waals surface area contributed by atoms with E-state index in [2.05, 4.69) is 5.92 Å². The number of ether oxygens (including phenoxy) is 1. The second-order valence-corrected chi connectivity index (χ2v) is 6.03. The van der Waals surface area contributed by atoms with Crippen LogP contribution in [0.2, 0.25) is 0 Å². The van der Waals surface area contributed by atoms with Crippen molar-refractivity contribution in [3.8, 4) is 23.5 Å². The first kappa shape index (κ1) is 15.3. The summed E-state index contributed by atoms with van der Waals surface area (Å²) in [5.74, 6) is 2.56. The molecule has 1 aliphatic rings. The lowest BCUT2D eigenvalue weighted by Gasteiger charge is -2.32. The highest BCUT2D eigenvalue weighted by Gasteiger charge is 2.43. The van der Waals surface area contributed by atoms with Crippen LogP contribution in [0.5, 0.6) is 0 Å². The van der Waals surface area contributed by atoms with E-state index < -0.39 is 5.72 Å². The minimum atomic E-state index is -0.710. The van der Waals surface area contributed by atoms with Crippen LogP contribution < -0.4 is 0 Å². The molecule has 1 atom stereocenters. The number of benzene rings is 2. The monoisotopic (exact) mass is 305 g/mol. The maximum Gasteiger partial charge on any atom is 0.257 e. The maximum atomic E-state index is 13.2. The molecule has 3 rings (SSSR count). The Morgan fingerprint density at radius 2 is 1.83 bits per heavy atom. The summed E-state index contributed by atoms with van der Waals surface area (Å²) in [7, 11) is 0. The number of amides is 1. The lowest BCUT2D eigenvalue weighted by molar-refractivity contribution is -0.0390. The van der Waals surface area contributed by atoms with Gasteiger partial charge in [0.2, 0.25) is 0 Å². The minimum absolute atomic E-state index is 0.102. The number of hydrogen-bond acceptors (Lipinski definition) is 2. The van der Waals surface area contributed by atoms with Gasteiger partial charge in [0.15, 0.2) is 0 Å². The zero-order valence-electron chi connectivity index (χ0n) is 13.3. The Hall–Kier alpha value is -2.57. The highest BCUT2D eigenvalue weighted by atomic mass is 16.5. The van der Waals surface area contributed by atoms with Crippen LogP contribution in [-0.2, 0) is 4.74 Å². The van der Waals surface area contributed by atoms with Crippen LogP contribution in [-0.4, -0.2) is 29.2 Å². The fraction of sp³-hybridized carbons (Fsp3) is 0.250. The van der Waals surface area contributed by atoms with Gasteiger partial charge < -0.3 is 4.74 Å². The summed E-state index contributed by atoms with van der Waals surface area (Å²) in [6, 6.07) is 17.1. The van der Waals surface area contributed by atoms with Crippen molar-refractivity contribution in [2.24, 2.45) is 0 Å². The van der Waals surface area contributed by atoms with E-state index in [1.165, 1.54) is 0 Å². The van der Waals surface area contributed by atoms with Crippen molar-refractivity contribution in [3.63, 3.8) is 0 Å². The highest BCUT2D eigenvalue weighted by molar-refractivity contribution is 6.01. The summed E-state index contributed by atoms with van der Waals surface area (Å²) < 4.78 is 5.71. The normalized spacial score (nSPS) is 19.3. The number of nitrogens with zero attached hydrogens (tertiary/aromatic N) is 1. The average molecular weight is 305 g/mol. The topological polar surface area (TPSA) is 29.5 Å². The van der Waals surface area contributed by atoms with E-state index in [9.17, 15) is 4.79 Å². The van der Waals surface area contributed by atoms with Crippen LogP contribution in [0.25, 0.3) is 11.1 Å². The van der Waals surface area contributed by atoms with Gasteiger partial charge in [-0.15, -0.1) is 6.42 Å². The van der Waals surface area contributed by atoms with Gasteiger partial charge in [0.1, 0.15) is 11.8 Å². The van der Waals surface area contributed by atoms with Crippen molar-refractivity contribution >= 4 is 5.91 Å². The lowest BCUT2D eigenvalue weighted by Crippen LogP contribution is -2.47. The van der Waals surface area contributed by atoms with Crippen LogP contribution in [0.15, 0.2) is 54.6 Å². The fourth-order valence-electron chi connectivity index (χ4n) is 2.98. The van der Waals surface area contributed by atoms with Crippen molar-refractivity contribution in [1.29, 1.82) is 0 Å². The summed E-state index contributed by atoms with van der Waals surface area (Å²) in [6.45, 7) is 4.10. The molecule has 0 saturated carbocycles. The Kier molecular flexibility index (Phi) is 3.94. The minimum Gasteiger partial charge on any atom is -0.353 e. The molecule has 0 aliphatic carbocycles. The summed E-state index contributed by atoms with van der Waals surface area (Å²) >= 11 is 0. The predicted octanol–water partition coefficient (Wildman–Crippen LogP) is 3.56. The van der Waals surface area contributed by atoms with Gasteiger partial charge >= 0.3 is 0 Å². The molecule has 0 bridgehead atoms. The number of terminal acetylenes is 1. The molecule has 0 radical (unpaired) electrons. The third-order valence-corrected chi connectivity index (χ3v) is 4.14. The van der Waals surface area contributed by atoms with E-state index in [1.807, 2.05) is 68.4 Å². The Labute approximate surface area is 136 Å². The largest absolute Gasteiger partial charge is 0.353 e. The van der Waals surface area contributed by atoms with Crippen LogP contribution >= 0.6 is 0 Å². The van der Waals surface area contributed by atoms with Gasteiger partial charge in [-0.3, -0.25) is 9.69 Å². The molecule has 1 aliphatic heterocycles. The fourth-order valence-corrected chi connectivity index (χ4v) is 2.98. The third-order valence-electron chi connectivity index (χ3n) is 4.14. The molecule has 0 N–H and O–H groups in total. The van der Waals surface area contributed by atoms with E-state index in [0.29, 0.717) is 12.2 Å². The van der Waals surface area contributed by atoms with Gasteiger partial charge in [0.25, 0.3) is 5.91 Å². The smallest absolute Gasteiger partial charge is 0.257 e. The molecular weight excluding hydrogens is 286 g/mol. The molecule has 23 heavy (non-hydrogen) atoms. The Balaban J connectivity index is 2.06. The maximum absolute atomic E-state index is 13.2. The molecule has 0 unspecified atom stereocenters. The second-order valence-electron chi connectivity index (χ2n) is 6.03.